The van der Waals surface area contributed by atoms with Crippen molar-refractivity contribution < 1.29 is 9.53 Å². The van der Waals surface area contributed by atoms with Gasteiger partial charge in [0.05, 0.1) is 11.7 Å². The molecule has 194 valence electrons. The van der Waals surface area contributed by atoms with Gasteiger partial charge in [0.15, 0.2) is 0 Å². The number of aryl methyl sites for hydroxylation is 1. The van der Waals surface area contributed by atoms with E-state index in [1.54, 1.807) is 0 Å². The molecule has 5 aromatic rings. The van der Waals surface area contributed by atoms with Crippen molar-refractivity contribution in [3.8, 4) is 5.75 Å². The van der Waals surface area contributed by atoms with E-state index in [1.165, 1.54) is 11.1 Å². The lowest BCUT2D eigenvalue weighted by molar-refractivity contribution is 0.175. The molecule has 0 fully saturated rings. The topological polar surface area (TPSA) is 41.6 Å². The average Bonchev–Trinajstić information content (AvgIpc) is 3.00. The van der Waals surface area contributed by atoms with Crippen LogP contribution in [-0.4, -0.2) is 10.9 Å². The van der Waals surface area contributed by atoms with E-state index in [4.69, 9.17) is 4.74 Å². The SMILES string of the molecule is O=C(Nc1cccc2ccccc12)N(Cc1ccc(OCc2ccccc2)cc1)C1CCCc2ccccc21. The van der Waals surface area contributed by atoms with E-state index in [0.717, 1.165) is 52.6 Å². The highest BCUT2D eigenvalue weighted by Gasteiger charge is 2.29. The molecule has 0 aliphatic heterocycles. The summed E-state index contributed by atoms with van der Waals surface area (Å²) in [5.41, 5.74) is 5.62. The summed E-state index contributed by atoms with van der Waals surface area (Å²) in [6.45, 7) is 1.03. The minimum atomic E-state index is -0.0857. The van der Waals surface area contributed by atoms with Gasteiger partial charge in [-0.05, 0) is 65.1 Å². The largest absolute Gasteiger partial charge is 0.489 e. The minimum Gasteiger partial charge on any atom is -0.489 e. The van der Waals surface area contributed by atoms with Crippen LogP contribution in [0.25, 0.3) is 10.8 Å². The number of carbonyl (C=O) groups excluding carboxylic acids is 1. The Morgan fingerprint density at radius 3 is 2.38 bits per heavy atom. The second-order valence-corrected chi connectivity index (χ2v) is 10.1. The van der Waals surface area contributed by atoms with Gasteiger partial charge in [0, 0.05) is 11.9 Å². The zero-order valence-electron chi connectivity index (χ0n) is 21.9. The molecule has 39 heavy (non-hydrogen) atoms. The molecule has 0 saturated heterocycles. The van der Waals surface area contributed by atoms with E-state index < -0.39 is 0 Å². The monoisotopic (exact) mass is 512 g/mol. The Morgan fingerprint density at radius 2 is 1.51 bits per heavy atom. The molecule has 0 bridgehead atoms. The summed E-state index contributed by atoms with van der Waals surface area (Å²) >= 11 is 0. The molecule has 1 aliphatic rings. The predicted octanol–water partition coefficient (Wildman–Crippen LogP) is 8.53. The summed E-state index contributed by atoms with van der Waals surface area (Å²) in [7, 11) is 0. The number of carbonyl (C=O) groups is 1. The molecular weight excluding hydrogens is 480 g/mol. The third-order valence-corrected chi connectivity index (χ3v) is 7.53. The lowest BCUT2D eigenvalue weighted by atomic mass is 9.86. The summed E-state index contributed by atoms with van der Waals surface area (Å²) in [6.07, 6.45) is 3.06. The van der Waals surface area contributed by atoms with E-state index in [9.17, 15) is 4.79 Å². The molecule has 0 heterocycles. The zero-order valence-corrected chi connectivity index (χ0v) is 21.9. The maximum Gasteiger partial charge on any atom is 0.322 e. The number of benzene rings is 5. The molecule has 2 amide bonds. The number of anilines is 1. The zero-order chi connectivity index (χ0) is 26.4. The van der Waals surface area contributed by atoms with Crippen LogP contribution in [0.15, 0.2) is 121 Å². The van der Waals surface area contributed by atoms with Crippen molar-refractivity contribution in [2.45, 2.75) is 38.5 Å². The van der Waals surface area contributed by atoms with Crippen LogP contribution in [0.5, 0.6) is 5.75 Å². The van der Waals surface area contributed by atoms with Gasteiger partial charge in [-0.3, -0.25) is 0 Å². The number of nitrogens with one attached hydrogen (secondary N) is 1. The number of hydrogen-bond donors (Lipinski definition) is 1. The van der Waals surface area contributed by atoms with Crippen molar-refractivity contribution >= 4 is 22.5 Å². The molecule has 0 spiro atoms. The molecular formula is C35H32N2O2. The fourth-order valence-electron chi connectivity index (χ4n) is 5.53. The van der Waals surface area contributed by atoms with E-state index >= 15 is 0 Å². The van der Waals surface area contributed by atoms with Gasteiger partial charge in [-0.1, -0.05) is 103 Å². The molecule has 6 rings (SSSR count). The van der Waals surface area contributed by atoms with Gasteiger partial charge < -0.3 is 15.0 Å². The molecule has 5 aromatic carbocycles. The molecule has 1 aliphatic carbocycles. The number of fused-ring (bicyclic) bond motifs is 2. The van der Waals surface area contributed by atoms with E-state index in [1.807, 2.05) is 59.5 Å². The normalized spacial score (nSPS) is 14.4. The Morgan fingerprint density at radius 1 is 0.769 bits per heavy atom. The fraction of sp³-hybridized carbons (Fsp3) is 0.171. The highest BCUT2D eigenvalue weighted by molar-refractivity contribution is 6.01. The number of amides is 2. The lowest BCUT2D eigenvalue weighted by Gasteiger charge is -2.36. The number of ether oxygens (including phenoxy) is 1. The number of rotatable bonds is 7. The van der Waals surface area contributed by atoms with E-state index in [2.05, 4.69) is 72.0 Å². The van der Waals surface area contributed by atoms with Crippen LogP contribution in [0, 0.1) is 0 Å². The molecule has 4 nitrogen and oxygen atoms in total. The van der Waals surface area contributed by atoms with Crippen LogP contribution < -0.4 is 10.1 Å². The summed E-state index contributed by atoms with van der Waals surface area (Å²) in [5.74, 6) is 0.817. The van der Waals surface area contributed by atoms with Crippen LogP contribution in [0.3, 0.4) is 0 Å². The van der Waals surface area contributed by atoms with Crippen molar-refractivity contribution in [1.82, 2.24) is 4.90 Å². The first kappa shape index (κ1) is 24.7. The Balaban J connectivity index is 1.25. The van der Waals surface area contributed by atoms with Crippen LogP contribution in [0.4, 0.5) is 10.5 Å². The van der Waals surface area contributed by atoms with Crippen molar-refractivity contribution in [2.24, 2.45) is 0 Å². The Labute approximate surface area is 229 Å². The van der Waals surface area contributed by atoms with Crippen LogP contribution >= 0.6 is 0 Å². The van der Waals surface area contributed by atoms with Crippen molar-refractivity contribution in [3.05, 3.63) is 144 Å². The summed E-state index contributed by atoms with van der Waals surface area (Å²) in [5, 5.41) is 5.39. The van der Waals surface area contributed by atoms with Crippen LogP contribution in [-0.2, 0) is 19.6 Å². The Bertz CT molecular complexity index is 1560. The van der Waals surface area contributed by atoms with Gasteiger partial charge in [-0.25, -0.2) is 4.79 Å². The maximum atomic E-state index is 14.0. The molecule has 0 radical (unpaired) electrons. The lowest BCUT2D eigenvalue weighted by Crippen LogP contribution is -2.39. The molecule has 1 N–H and O–H groups in total. The molecule has 0 aromatic heterocycles. The van der Waals surface area contributed by atoms with Gasteiger partial charge in [-0.2, -0.15) is 0 Å². The Hall–Kier alpha value is -4.57. The predicted molar refractivity (Wildman–Crippen MR) is 158 cm³/mol. The number of nitrogens with zero attached hydrogens (tertiary/aromatic N) is 1. The third-order valence-electron chi connectivity index (χ3n) is 7.53. The van der Waals surface area contributed by atoms with E-state index in [0.29, 0.717) is 13.2 Å². The van der Waals surface area contributed by atoms with Crippen molar-refractivity contribution in [2.75, 3.05) is 5.32 Å². The van der Waals surface area contributed by atoms with Gasteiger partial charge in [0.2, 0.25) is 0 Å². The average molecular weight is 513 g/mol. The van der Waals surface area contributed by atoms with Crippen LogP contribution in [0.2, 0.25) is 0 Å². The standard InChI is InChI=1S/C35H32N2O2/c38-35(36-33-18-8-14-28-12-4-6-16-31(28)33)37(34-19-9-15-29-13-5-7-17-32(29)34)24-26-20-22-30(23-21-26)39-25-27-10-2-1-3-11-27/h1-8,10-14,16-18,20-23,34H,9,15,19,24-25H2,(H,36,38). The summed E-state index contributed by atoms with van der Waals surface area (Å²) < 4.78 is 5.99. The highest BCUT2D eigenvalue weighted by Crippen LogP contribution is 2.36. The first-order chi connectivity index (χ1) is 19.2. The number of urea groups is 1. The maximum absolute atomic E-state index is 14.0. The van der Waals surface area contributed by atoms with Gasteiger partial charge >= 0.3 is 6.03 Å². The summed E-state index contributed by atoms with van der Waals surface area (Å²) in [6, 6.07) is 40.9. The van der Waals surface area contributed by atoms with Gasteiger partial charge in [0.1, 0.15) is 12.4 Å². The highest BCUT2D eigenvalue weighted by atomic mass is 16.5. The molecule has 1 atom stereocenters. The van der Waals surface area contributed by atoms with Crippen LogP contribution in [0.1, 0.15) is 41.1 Å². The van der Waals surface area contributed by atoms with Crippen molar-refractivity contribution in [3.63, 3.8) is 0 Å². The quantitative estimate of drug-likeness (QED) is 0.237. The fourth-order valence-corrected chi connectivity index (χ4v) is 5.53. The van der Waals surface area contributed by atoms with Gasteiger partial charge in [-0.15, -0.1) is 0 Å². The first-order valence-corrected chi connectivity index (χ1v) is 13.6. The Kier molecular flexibility index (Phi) is 7.26. The molecule has 4 heteroatoms. The van der Waals surface area contributed by atoms with E-state index in [-0.39, 0.29) is 12.1 Å². The second-order valence-electron chi connectivity index (χ2n) is 10.1. The van der Waals surface area contributed by atoms with Gasteiger partial charge in [0.25, 0.3) is 0 Å². The third kappa shape index (κ3) is 5.65. The summed E-state index contributed by atoms with van der Waals surface area (Å²) in [4.78, 5) is 16.0. The smallest absolute Gasteiger partial charge is 0.322 e. The van der Waals surface area contributed by atoms with Crippen molar-refractivity contribution in [1.29, 1.82) is 0 Å². The minimum absolute atomic E-state index is 0.0129. The first-order valence-electron chi connectivity index (χ1n) is 13.6. The second kappa shape index (κ2) is 11.4. The molecule has 1 unspecified atom stereocenters. The molecule has 0 saturated carbocycles. The number of hydrogen-bond acceptors (Lipinski definition) is 2.